The van der Waals surface area contributed by atoms with Crippen LogP contribution in [0.15, 0.2) is 158 Å². The first-order valence-electron chi connectivity index (χ1n) is 21.4. The third kappa shape index (κ3) is 7.19. The summed E-state index contributed by atoms with van der Waals surface area (Å²) in [6.07, 6.45) is 0. The van der Waals surface area contributed by atoms with Gasteiger partial charge in [0.25, 0.3) is 0 Å². The van der Waals surface area contributed by atoms with Crippen LogP contribution in [0.1, 0.15) is 74.9 Å². The third-order valence-electron chi connectivity index (χ3n) is 12.3. The summed E-state index contributed by atoms with van der Waals surface area (Å²) >= 11 is 0. The molecule has 2 nitrogen and oxygen atoms in total. The molecule has 0 N–H and O–H groups in total. The standard InChI is InChI=1S/C58H56N2/c1-37-11-21-47(22-12-37)59(48-23-13-38(2)14-24-48)55-51-29-19-45(57(5,6)7)33-41(51)31-43-36-54-44(35-53(43)55)32-42-34-46(58(8,9)10)20-30-52(42)56(54)60(49-25-15-39(3)16-26-49)50-27-17-40(4)18-28-50/h11-36H,1-10H3. The average Bonchev–Trinajstić information content (AvgIpc) is 3.21. The SMILES string of the molecule is Cc1ccc(N(c2ccc(C)cc2)c2c3ccc(C(C)(C)C)cc3cc3cc4c(N(c5ccc(C)cc5)c5ccc(C)cc5)c5ccc(C(C)(C)C)cc5cc4cc23)cc1. The maximum Gasteiger partial charge on any atom is 0.0618 e. The van der Waals surface area contributed by atoms with Crippen molar-refractivity contribution in [3.8, 4) is 0 Å². The largest absolute Gasteiger partial charge is 0.309 e. The number of fused-ring (bicyclic) bond motifs is 4. The lowest BCUT2D eigenvalue weighted by Crippen LogP contribution is -2.13. The van der Waals surface area contributed by atoms with Crippen molar-refractivity contribution in [3.05, 3.63) is 191 Å². The predicted molar refractivity (Wildman–Crippen MR) is 262 cm³/mol. The molecule has 9 aromatic rings. The van der Waals surface area contributed by atoms with Crippen LogP contribution in [-0.2, 0) is 10.8 Å². The number of anilines is 6. The fraction of sp³-hybridized carbons (Fsp3) is 0.207. The van der Waals surface area contributed by atoms with E-state index in [1.54, 1.807) is 0 Å². The minimum absolute atomic E-state index is 0.000860. The zero-order valence-electron chi connectivity index (χ0n) is 36.9. The van der Waals surface area contributed by atoms with Gasteiger partial charge in [0.15, 0.2) is 0 Å². The van der Waals surface area contributed by atoms with Crippen LogP contribution in [0, 0.1) is 27.7 Å². The fourth-order valence-corrected chi connectivity index (χ4v) is 8.71. The number of benzene rings is 9. The summed E-state index contributed by atoms with van der Waals surface area (Å²) in [4.78, 5) is 4.97. The lowest BCUT2D eigenvalue weighted by molar-refractivity contribution is 0.591. The Morgan fingerprint density at radius 2 is 0.550 bits per heavy atom. The molecule has 0 amide bonds. The van der Waals surface area contributed by atoms with Gasteiger partial charge in [0.05, 0.1) is 11.4 Å². The van der Waals surface area contributed by atoms with Crippen LogP contribution in [-0.4, -0.2) is 0 Å². The van der Waals surface area contributed by atoms with E-state index in [1.807, 2.05) is 0 Å². The number of nitrogens with zero attached hydrogens (tertiary/aromatic N) is 2. The molecular formula is C58H56N2. The van der Waals surface area contributed by atoms with E-state index < -0.39 is 0 Å². The highest BCUT2D eigenvalue weighted by atomic mass is 15.2. The van der Waals surface area contributed by atoms with E-state index in [2.05, 4.69) is 237 Å². The zero-order valence-corrected chi connectivity index (χ0v) is 36.9. The minimum Gasteiger partial charge on any atom is -0.309 e. The number of rotatable bonds is 6. The van der Waals surface area contributed by atoms with Crippen LogP contribution in [0.25, 0.3) is 43.1 Å². The Bertz CT molecular complexity index is 2740. The van der Waals surface area contributed by atoms with Crippen LogP contribution < -0.4 is 9.80 Å². The number of aryl methyl sites for hydroxylation is 4. The lowest BCUT2D eigenvalue weighted by atomic mass is 9.84. The predicted octanol–water partition coefficient (Wildman–Crippen LogP) is 17.1. The Morgan fingerprint density at radius 1 is 0.283 bits per heavy atom. The van der Waals surface area contributed by atoms with Gasteiger partial charge in [0, 0.05) is 44.3 Å². The van der Waals surface area contributed by atoms with E-state index in [4.69, 9.17) is 0 Å². The summed E-state index contributed by atoms with van der Waals surface area (Å²) in [7, 11) is 0. The van der Waals surface area contributed by atoms with E-state index in [-0.39, 0.29) is 10.8 Å². The Hall–Kier alpha value is -6.38. The van der Waals surface area contributed by atoms with Gasteiger partial charge in [-0.1, -0.05) is 149 Å². The molecule has 0 aliphatic rings. The van der Waals surface area contributed by atoms with Gasteiger partial charge < -0.3 is 9.80 Å². The molecule has 0 saturated carbocycles. The second-order valence-electron chi connectivity index (χ2n) is 19.1. The molecule has 0 heterocycles. The summed E-state index contributed by atoms with van der Waals surface area (Å²) in [5.41, 5.74) is 14.5. The highest BCUT2D eigenvalue weighted by molar-refractivity contribution is 6.22. The summed E-state index contributed by atoms with van der Waals surface area (Å²) in [6, 6.07) is 60.0. The molecule has 298 valence electrons. The van der Waals surface area contributed by atoms with Crippen molar-refractivity contribution in [2.75, 3.05) is 9.80 Å². The smallest absolute Gasteiger partial charge is 0.0618 e. The normalized spacial score (nSPS) is 12.2. The van der Waals surface area contributed by atoms with Crippen molar-refractivity contribution in [1.29, 1.82) is 0 Å². The van der Waals surface area contributed by atoms with Crippen LogP contribution in [0.4, 0.5) is 34.1 Å². The Kier molecular flexibility index (Phi) is 9.59. The summed E-state index contributed by atoms with van der Waals surface area (Å²) in [5.74, 6) is 0. The lowest BCUT2D eigenvalue weighted by Gasteiger charge is -2.31. The van der Waals surface area contributed by atoms with Gasteiger partial charge in [0.2, 0.25) is 0 Å². The molecular weight excluding hydrogens is 725 g/mol. The second-order valence-corrected chi connectivity index (χ2v) is 19.1. The first-order chi connectivity index (χ1) is 28.6. The first kappa shape index (κ1) is 39.1. The van der Waals surface area contributed by atoms with Crippen molar-refractivity contribution >= 4 is 77.2 Å². The van der Waals surface area contributed by atoms with Gasteiger partial charge in [-0.05, 0) is 144 Å². The molecule has 0 saturated heterocycles. The maximum absolute atomic E-state index is 2.48. The number of hydrogen-bond donors (Lipinski definition) is 0. The third-order valence-corrected chi connectivity index (χ3v) is 12.3. The molecule has 0 spiro atoms. The van der Waals surface area contributed by atoms with Gasteiger partial charge >= 0.3 is 0 Å². The fourth-order valence-electron chi connectivity index (χ4n) is 8.71. The summed E-state index contributed by atoms with van der Waals surface area (Å²) in [6.45, 7) is 22.5. The molecule has 9 aromatic carbocycles. The quantitative estimate of drug-likeness (QED) is 0.155. The molecule has 0 atom stereocenters. The molecule has 0 aromatic heterocycles. The molecule has 0 fully saturated rings. The van der Waals surface area contributed by atoms with E-state index in [0.717, 1.165) is 22.7 Å². The highest BCUT2D eigenvalue weighted by Crippen LogP contribution is 2.49. The van der Waals surface area contributed by atoms with E-state index in [0.29, 0.717) is 0 Å². The summed E-state index contributed by atoms with van der Waals surface area (Å²) in [5, 5.41) is 9.78. The highest BCUT2D eigenvalue weighted by Gasteiger charge is 2.25. The minimum atomic E-state index is 0.000860. The van der Waals surface area contributed by atoms with Crippen molar-refractivity contribution in [1.82, 2.24) is 0 Å². The van der Waals surface area contributed by atoms with Crippen LogP contribution in [0.5, 0.6) is 0 Å². The molecule has 9 rings (SSSR count). The molecule has 60 heavy (non-hydrogen) atoms. The topological polar surface area (TPSA) is 6.48 Å². The van der Waals surface area contributed by atoms with E-state index in [1.165, 1.54) is 87.8 Å². The van der Waals surface area contributed by atoms with Crippen molar-refractivity contribution in [2.24, 2.45) is 0 Å². The monoisotopic (exact) mass is 780 g/mol. The van der Waals surface area contributed by atoms with Gasteiger partial charge in [-0.2, -0.15) is 0 Å². The summed E-state index contributed by atoms with van der Waals surface area (Å²) < 4.78 is 0. The van der Waals surface area contributed by atoms with Crippen LogP contribution in [0.3, 0.4) is 0 Å². The van der Waals surface area contributed by atoms with E-state index in [9.17, 15) is 0 Å². The Morgan fingerprint density at radius 3 is 0.817 bits per heavy atom. The van der Waals surface area contributed by atoms with Gasteiger partial charge in [-0.25, -0.2) is 0 Å². The molecule has 0 radical (unpaired) electrons. The van der Waals surface area contributed by atoms with Gasteiger partial charge in [0.1, 0.15) is 0 Å². The van der Waals surface area contributed by atoms with Crippen molar-refractivity contribution in [2.45, 2.75) is 80.1 Å². The molecule has 0 aliphatic carbocycles. The van der Waals surface area contributed by atoms with E-state index >= 15 is 0 Å². The van der Waals surface area contributed by atoms with Gasteiger partial charge in [-0.15, -0.1) is 0 Å². The molecule has 0 bridgehead atoms. The van der Waals surface area contributed by atoms with Gasteiger partial charge in [-0.3, -0.25) is 0 Å². The second kappa shape index (κ2) is 14.7. The Labute approximate surface area is 356 Å². The van der Waals surface area contributed by atoms with Crippen molar-refractivity contribution in [3.63, 3.8) is 0 Å². The average molecular weight is 781 g/mol. The maximum atomic E-state index is 2.48. The van der Waals surface area contributed by atoms with Crippen LogP contribution in [0.2, 0.25) is 0 Å². The number of hydrogen-bond acceptors (Lipinski definition) is 2. The molecule has 0 aliphatic heterocycles. The zero-order chi connectivity index (χ0) is 42.1. The molecule has 0 unspecified atom stereocenters. The molecule has 2 heteroatoms. The van der Waals surface area contributed by atoms with Crippen LogP contribution >= 0.6 is 0 Å². The Balaban J connectivity index is 1.46. The van der Waals surface area contributed by atoms with Crippen molar-refractivity contribution < 1.29 is 0 Å². The first-order valence-corrected chi connectivity index (χ1v) is 21.4.